The Morgan fingerprint density at radius 2 is 1.63 bits per heavy atom. The minimum absolute atomic E-state index is 0.152. The lowest BCUT2D eigenvalue weighted by Crippen LogP contribution is -2.53. The summed E-state index contributed by atoms with van der Waals surface area (Å²) >= 11 is 0. The third kappa shape index (κ3) is 2.50. The number of hydroxylamine groups is 3. The van der Waals surface area contributed by atoms with Crippen LogP contribution in [0, 0.1) is 5.21 Å². The molecular formula is C22H22N3O2. The highest BCUT2D eigenvalue weighted by Gasteiger charge is 2.59. The SMILES string of the molecule is CC1(C)N([O])C(c2ccc3nc(-c4ccccc4)ccc3c2)=[N+]([O-])C1(C)C. The van der Waals surface area contributed by atoms with Crippen molar-refractivity contribution in [1.82, 2.24) is 10.0 Å². The molecule has 1 aliphatic heterocycles. The Balaban J connectivity index is 1.80. The van der Waals surface area contributed by atoms with Crippen molar-refractivity contribution < 1.29 is 9.95 Å². The predicted molar refractivity (Wildman–Crippen MR) is 106 cm³/mol. The number of amidine groups is 1. The first-order chi connectivity index (χ1) is 12.7. The van der Waals surface area contributed by atoms with Crippen molar-refractivity contribution in [2.75, 3.05) is 0 Å². The van der Waals surface area contributed by atoms with E-state index in [2.05, 4.69) is 0 Å². The number of aromatic nitrogens is 1. The van der Waals surface area contributed by atoms with E-state index in [1.807, 2.05) is 54.6 Å². The van der Waals surface area contributed by atoms with Gasteiger partial charge in [0.15, 0.2) is 5.54 Å². The molecule has 0 spiro atoms. The zero-order valence-corrected chi connectivity index (χ0v) is 15.9. The Bertz CT molecular complexity index is 1060. The first-order valence-corrected chi connectivity index (χ1v) is 9.02. The minimum Gasteiger partial charge on any atom is -0.714 e. The third-order valence-corrected chi connectivity index (χ3v) is 5.91. The van der Waals surface area contributed by atoms with Gasteiger partial charge < -0.3 is 5.21 Å². The lowest BCUT2D eigenvalue weighted by atomic mass is 9.84. The highest BCUT2D eigenvalue weighted by molar-refractivity contribution is 5.99. The average molecular weight is 360 g/mol. The summed E-state index contributed by atoms with van der Waals surface area (Å²) in [6, 6.07) is 19.4. The Labute approximate surface area is 158 Å². The number of pyridine rings is 1. The molecule has 1 radical (unpaired) electrons. The van der Waals surface area contributed by atoms with Crippen LogP contribution in [0.1, 0.15) is 33.3 Å². The molecule has 27 heavy (non-hydrogen) atoms. The zero-order valence-electron chi connectivity index (χ0n) is 15.9. The maximum absolute atomic E-state index is 12.9. The fourth-order valence-electron chi connectivity index (χ4n) is 3.38. The summed E-state index contributed by atoms with van der Waals surface area (Å²) in [7, 11) is 0. The van der Waals surface area contributed by atoms with E-state index in [-0.39, 0.29) is 5.84 Å². The van der Waals surface area contributed by atoms with Gasteiger partial charge in [0.05, 0.1) is 16.8 Å². The smallest absolute Gasteiger partial charge is 0.316 e. The van der Waals surface area contributed by atoms with E-state index >= 15 is 0 Å². The molecule has 137 valence electrons. The van der Waals surface area contributed by atoms with Gasteiger partial charge in [-0.15, -0.1) is 0 Å². The predicted octanol–water partition coefficient (Wildman–Crippen LogP) is 4.38. The normalized spacial score (nSPS) is 18.3. The summed E-state index contributed by atoms with van der Waals surface area (Å²) in [4.78, 5) is 4.72. The molecule has 0 saturated carbocycles. The van der Waals surface area contributed by atoms with E-state index in [1.54, 1.807) is 33.8 Å². The first kappa shape index (κ1) is 17.5. The van der Waals surface area contributed by atoms with Crippen molar-refractivity contribution in [3.05, 3.63) is 71.4 Å². The van der Waals surface area contributed by atoms with Gasteiger partial charge in [-0.1, -0.05) is 41.5 Å². The monoisotopic (exact) mass is 360 g/mol. The maximum atomic E-state index is 12.9. The highest BCUT2D eigenvalue weighted by atomic mass is 16.5. The summed E-state index contributed by atoms with van der Waals surface area (Å²) in [5.41, 5.74) is 1.73. The van der Waals surface area contributed by atoms with Crippen molar-refractivity contribution in [2.24, 2.45) is 0 Å². The van der Waals surface area contributed by atoms with Crippen LogP contribution in [0.15, 0.2) is 60.7 Å². The van der Waals surface area contributed by atoms with Gasteiger partial charge >= 0.3 is 5.84 Å². The van der Waals surface area contributed by atoms with Crippen molar-refractivity contribution >= 4 is 16.7 Å². The molecule has 0 amide bonds. The molecule has 2 heterocycles. The van der Waals surface area contributed by atoms with E-state index in [0.717, 1.165) is 32.0 Å². The second kappa shape index (κ2) is 5.79. The van der Waals surface area contributed by atoms with Crippen LogP contribution in [0.3, 0.4) is 0 Å². The van der Waals surface area contributed by atoms with Crippen LogP contribution in [0.5, 0.6) is 0 Å². The fraction of sp³-hybridized carbons (Fsp3) is 0.273. The highest BCUT2D eigenvalue weighted by Crippen LogP contribution is 2.37. The number of fused-ring (bicyclic) bond motifs is 1. The summed E-state index contributed by atoms with van der Waals surface area (Å²) in [5.74, 6) is 0.152. The Hall–Kier alpha value is -2.92. The van der Waals surface area contributed by atoms with Gasteiger partial charge in [-0.3, -0.25) is 4.74 Å². The standard InChI is InChI=1S/C22H22N3O2/c1-21(2)22(3,4)25(27)20(24(21)26)17-11-13-19-16(14-17)10-12-18(23-19)15-8-6-5-7-9-15/h5-14H,1-4H3. The number of hydrogen-bond acceptors (Lipinski definition) is 3. The van der Waals surface area contributed by atoms with Gasteiger partial charge in [0.2, 0.25) is 0 Å². The van der Waals surface area contributed by atoms with Crippen molar-refractivity contribution in [1.29, 1.82) is 0 Å². The van der Waals surface area contributed by atoms with Gasteiger partial charge in [0, 0.05) is 16.2 Å². The largest absolute Gasteiger partial charge is 0.714 e. The minimum atomic E-state index is -0.825. The molecule has 2 aromatic carbocycles. The van der Waals surface area contributed by atoms with Crippen molar-refractivity contribution in [2.45, 2.75) is 38.8 Å². The van der Waals surface area contributed by atoms with Crippen LogP contribution in [0.4, 0.5) is 0 Å². The van der Waals surface area contributed by atoms with Gasteiger partial charge in [-0.25, -0.2) is 4.98 Å². The molecule has 0 saturated heterocycles. The molecule has 1 aliphatic rings. The molecule has 0 atom stereocenters. The van der Waals surface area contributed by atoms with E-state index < -0.39 is 11.1 Å². The molecule has 0 fully saturated rings. The summed E-state index contributed by atoms with van der Waals surface area (Å²) in [5, 5.41) is 27.4. The number of benzene rings is 2. The average Bonchev–Trinajstić information content (AvgIpc) is 2.79. The molecule has 0 aliphatic carbocycles. The fourth-order valence-corrected chi connectivity index (χ4v) is 3.38. The summed E-state index contributed by atoms with van der Waals surface area (Å²) in [6.45, 7) is 7.19. The van der Waals surface area contributed by atoms with Gasteiger partial charge in [-0.2, -0.15) is 0 Å². The van der Waals surface area contributed by atoms with Gasteiger partial charge in [0.1, 0.15) is 5.54 Å². The topological polar surface area (TPSA) is 62.1 Å². The van der Waals surface area contributed by atoms with Crippen LogP contribution >= 0.6 is 0 Å². The third-order valence-electron chi connectivity index (χ3n) is 5.91. The zero-order chi connectivity index (χ0) is 19.4. The van der Waals surface area contributed by atoms with E-state index in [4.69, 9.17) is 4.98 Å². The molecule has 0 unspecified atom stereocenters. The maximum Gasteiger partial charge on any atom is 0.316 e. The molecule has 3 aromatic rings. The Morgan fingerprint density at radius 1 is 0.926 bits per heavy atom. The second-order valence-corrected chi connectivity index (χ2v) is 8.00. The molecule has 0 bridgehead atoms. The second-order valence-electron chi connectivity index (χ2n) is 8.00. The number of rotatable bonds is 2. The van der Waals surface area contributed by atoms with Crippen LogP contribution in [0.2, 0.25) is 0 Å². The van der Waals surface area contributed by atoms with E-state index in [1.165, 1.54) is 0 Å². The van der Waals surface area contributed by atoms with E-state index in [9.17, 15) is 10.4 Å². The number of nitrogens with zero attached hydrogens (tertiary/aromatic N) is 3. The van der Waals surface area contributed by atoms with Crippen LogP contribution in [-0.2, 0) is 5.21 Å². The molecule has 1 aromatic heterocycles. The lowest BCUT2D eigenvalue weighted by Gasteiger charge is -2.32. The molecular weight excluding hydrogens is 338 g/mol. The molecule has 4 rings (SSSR count). The van der Waals surface area contributed by atoms with Gasteiger partial charge in [0.25, 0.3) is 0 Å². The van der Waals surface area contributed by atoms with Gasteiger partial charge in [-0.05, 0) is 52.0 Å². The lowest BCUT2D eigenvalue weighted by molar-refractivity contribution is -0.539. The molecule has 5 heteroatoms. The van der Waals surface area contributed by atoms with Crippen LogP contribution in [0.25, 0.3) is 22.2 Å². The Morgan fingerprint density at radius 3 is 2.26 bits per heavy atom. The summed E-state index contributed by atoms with van der Waals surface area (Å²) in [6.07, 6.45) is 0. The van der Waals surface area contributed by atoms with Crippen molar-refractivity contribution in [3.63, 3.8) is 0 Å². The molecule has 5 nitrogen and oxygen atoms in total. The molecule has 0 N–H and O–H groups in total. The quantitative estimate of drug-likeness (QED) is 0.503. The van der Waals surface area contributed by atoms with E-state index in [0.29, 0.717) is 5.56 Å². The van der Waals surface area contributed by atoms with Crippen LogP contribution < -0.4 is 0 Å². The van der Waals surface area contributed by atoms with Crippen molar-refractivity contribution in [3.8, 4) is 11.3 Å². The Kier molecular flexibility index (Phi) is 3.75. The van der Waals surface area contributed by atoms with Crippen LogP contribution in [-0.4, -0.2) is 31.7 Å². The summed E-state index contributed by atoms with van der Waals surface area (Å²) < 4.78 is 0.840. The first-order valence-electron chi connectivity index (χ1n) is 9.02. The number of hydrogen-bond donors (Lipinski definition) is 0.